The number of nitrogens with one attached hydrogen (secondary N) is 1. The van der Waals surface area contributed by atoms with Gasteiger partial charge in [0, 0.05) is 22.7 Å². The SMILES string of the molecule is C#Cc1ccc(CC(=O)CNc2ccc(Cl)cc2C)cc1. The summed E-state index contributed by atoms with van der Waals surface area (Å²) in [4.78, 5) is 12.0. The third-order valence-electron chi connectivity index (χ3n) is 3.19. The van der Waals surface area contributed by atoms with Crippen molar-refractivity contribution < 1.29 is 4.79 Å². The van der Waals surface area contributed by atoms with Gasteiger partial charge in [-0.2, -0.15) is 0 Å². The highest BCUT2D eigenvalue weighted by molar-refractivity contribution is 6.30. The van der Waals surface area contributed by atoms with Gasteiger partial charge in [0.25, 0.3) is 0 Å². The Kier molecular flexibility index (Phi) is 5.03. The Hall–Kier alpha value is -2.24. The van der Waals surface area contributed by atoms with Crippen molar-refractivity contribution in [2.24, 2.45) is 0 Å². The van der Waals surface area contributed by atoms with Gasteiger partial charge in [-0.25, -0.2) is 0 Å². The number of ketones is 1. The molecule has 0 bridgehead atoms. The van der Waals surface area contributed by atoms with Gasteiger partial charge in [0.15, 0.2) is 5.78 Å². The average Bonchev–Trinajstić information content (AvgIpc) is 2.47. The van der Waals surface area contributed by atoms with Crippen LogP contribution < -0.4 is 5.32 Å². The zero-order valence-corrected chi connectivity index (χ0v) is 12.6. The van der Waals surface area contributed by atoms with Crippen molar-refractivity contribution in [3.05, 3.63) is 64.2 Å². The van der Waals surface area contributed by atoms with E-state index in [0.29, 0.717) is 18.0 Å². The first-order valence-electron chi connectivity index (χ1n) is 6.66. The fourth-order valence-electron chi connectivity index (χ4n) is 2.03. The number of hydrogen-bond donors (Lipinski definition) is 1. The molecular formula is C18H16ClNO. The number of carbonyl (C=O) groups is 1. The fourth-order valence-corrected chi connectivity index (χ4v) is 2.25. The number of anilines is 1. The molecule has 3 heteroatoms. The van der Waals surface area contributed by atoms with Crippen LogP contribution in [0.1, 0.15) is 16.7 Å². The van der Waals surface area contributed by atoms with Gasteiger partial charge in [0.05, 0.1) is 6.54 Å². The second-order valence-electron chi connectivity index (χ2n) is 4.87. The lowest BCUT2D eigenvalue weighted by Crippen LogP contribution is -2.16. The molecule has 0 radical (unpaired) electrons. The molecule has 0 aliphatic rings. The van der Waals surface area contributed by atoms with Gasteiger partial charge in [-0.05, 0) is 48.4 Å². The van der Waals surface area contributed by atoms with Crippen LogP contribution in [0.15, 0.2) is 42.5 Å². The first kappa shape index (κ1) is 15.2. The summed E-state index contributed by atoms with van der Waals surface area (Å²) in [5, 5.41) is 3.83. The van der Waals surface area contributed by atoms with Gasteiger partial charge < -0.3 is 5.32 Å². The summed E-state index contributed by atoms with van der Waals surface area (Å²) in [6, 6.07) is 13.0. The quantitative estimate of drug-likeness (QED) is 0.849. The van der Waals surface area contributed by atoms with E-state index in [9.17, 15) is 4.79 Å². The number of benzene rings is 2. The van der Waals surface area contributed by atoms with Crippen LogP contribution in [-0.2, 0) is 11.2 Å². The monoisotopic (exact) mass is 297 g/mol. The molecule has 0 aromatic heterocycles. The minimum Gasteiger partial charge on any atom is -0.378 e. The summed E-state index contributed by atoms with van der Waals surface area (Å²) >= 11 is 5.90. The fraction of sp³-hybridized carbons (Fsp3) is 0.167. The zero-order valence-electron chi connectivity index (χ0n) is 11.8. The molecule has 2 nitrogen and oxygen atoms in total. The van der Waals surface area contributed by atoms with Crippen LogP contribution in [0.25, 0.3) is 0 Å². The lowest BCUT2D eigenvalue weighted by Gasteiger charge is -2.09. The topological polar surface area (TPSA) is 29.1 Å². The van der Waals surface area contributed by atoms with Crippen LogP contribution in [0.5, 0.6) is 0 Å². The summed E-state index contributed by atoms with van der Waals surface area (Å²) in [5.41, 5.74) is 3.74. The maximum atomic E-state index is 12.0. The minimum absolute atomic E-state index is 0.123. The molecule has 0 unspecified atom stereocenters. The first-order valence-corrected chi connectivity index (χ1v) is 7.03. The maximum Gasteiger partial charge on any atom is 0.156 e. The summed E-state index contributed by atoms with van der Waals surface area (Å²) in [7, 11) is 0. The summed E-state index contributed by atoms with van der Waals surface area (Å²) in [5.74, 6) is 2.68. The van der Waals surface area contributed by atoms with Crippen molar-refractivity contribution in [1.82, 2.24) is 0 Å². The molecule has 0 amide bonds. The van der Waals surface area contributed by atoms with Crippen molar-refractivity contribution in [2.75, 3.05) is 11.9 Å². The molecule has 106 valence electrons. The number of hydrogen-bond acceptors (Lipinski definition) is 2. The Labute approximate surface area is 130 Å². The molecule has 21 heavy (non-hydrogen) atoms. The first-order chi connectivity index (χ1) is 10.1. The number of carbonyl (C=O) groups excluding carboxylic acids is 1. The Morgan fingerprint density at radius 1 is 1.24 bits per heavy atom. The van der Waals surface area contributed by atoms with Crippen LogP contribution in [-0.4, -0.2) is 12.3 Å². The number of halogens is 1. The van der Waals surface area contributed by atoms with E-state index in [1.807, 2.05) is 43.3 Å². The highest BCUT2D eigenvalue weighted by Crippen LogP contribution is 2.19. The summed E-state index contributed by atoms with van der Waals surface area (Å²) < 4.78 is 0. The average molecular weight is 298 g/mol. The highest BCUT2D eigenvalue weighted by Gasteiger charge is 2.05. The largest absolute Gasteiger partial charge is 0.378 e. The zero-order chi connectivity index (χ0) is 15.2. The Morgan fingerprint density at radius 2 is 1.95 bits per heavy atom. The molecule has 2 aromatic carbocycles. The van der Waals surface area contributed by atoms with Crippen LogP contribution >= 0.6 is 11.6 Å². The van der Waals surface area contributed by atoms with Crippen molar-refractivity contribution in [1.29, 1.82) is 0 Å². The van der Waals surface area contributed by atoms with Crippen molar-refractivity contribution >= 4 is 23.1 Å². The highest BCUT2D eigenvalue weighted by atomic mass is 35.5. The van der Waals surface area contributed by atoms with Gasteiger partial charge in [0.2, 0.25) is 0 Å². The van der Waals surface area contributed by atoms with Crippen molar-refractivity contribution in [3.8, 4) is 12.3 Å². The standard InChI is InChI=1S/C18H16ClNO/c1-3-14-4-6-15(7-5-14)11-17(21)12-20-18-9-8-16(19)10-13(18)2/h1,4-10,20H,11-12H2,2H3. The predicted octanol–water partition coefficient (Wildman–Crippen LogP) is 3.85. The predicted molar refractivity (Wildman–Crippen MR) is 87.8 cm³/mol. The van der Waals surface area contributed by atoms with Gasteiger partial charge in [0.1, 0.15) is 0 Å². The van der Waals surface area contributed by atoms with Crippen LogP contribution in [0, 0.1) is 19.3 Å². The Balaban J connectivity index is 1.91. The molecule has 0 atom stereocenters. The number of terminal acetylenes is 1. The molecule has 1 N–H and O–H groups in total. The molecule has 0 heterocycles. The molecule has 0 spiro atoms. The number of Topliss-reactive ketones (excluding diaryl/α,β-unsaturated/α-hetero) is 1. The smallest absolute Gasteiger partial charge is 0.156 e. The van der Waals surface area contributed by atoms with Crippen molar-refractivity contribution in [2.45, 2.75) is 13.3 Å². The van der Waals surface area contributed by atoms with Gasteiger partial charge >= 0.3 is 0 Å². The molecule has 0 aliphatic heterocycles. The second-order valence-corrected chi connectivity index (χ2v) is 5.31. The van der Waals surface area contributed by atoms with Crippen molar-refractivity contribution in [3.63, 3.8) is 0 Å². The maximum absolute atomic E-state index is 12.0. The van der Waals surface area contributed by atoms with Gasteiger partial charge in [-0.3, -0.25) is 4.79 Å². The molecule has 0 fully saturated rings. The lowest BCUT2D eigenvalue weighted by atomic mass is 10.1. The van der Waals surface area contributed by atoms with E-state index in [-0.39, 0.29) is 5.78 Å². The summed E-state index contributed by atoms with van der Waals surface area (Å²) in [6.45, 7) is 2.25. The van der Waals surface area contributed by atoms with Crippen LogP contribution in [0.3, 0.4) is 0 Å². The van der Waals surface area contributed by atoms with E-state index in [4.69, 9.17) is 18.0 Å². The minimum atomic E-state index is 0.123. The third kappa shape index (κ3) is 4.37. The van der Waals surface area contributed by atoms with Crippen LogP contribution in [0.4, 0.5) is 5.69 Å². The lowest BCUT2D eigenvalue weighted by molar-refractivity contribution is -0.116. The molecular weight excluding hydrogens is 282 g/mol. The van der Waals surface area contributed by atoms with E-state index >= 15 is 0 Å². The normalized spacial score (nSPS) is 9.95. The summed E-state index contributed by atoms with van der Waals surface area (Å²) in [6.07, 6.45) is 5.70. The Bertz CT molecular complexity index is 683. The van der Waals surface area contributed by atoms with Crippen LogP contribution in [0.2, 0.25) is 5.02 Å². The molecule has 0 saturated heterocycles. The molecule has 2 rings (SSSR count). The Morgan fingerprint density at radius 3 is 2.57 bits per heavy atom. The molecule has 0 aliphatic carbocycles. The second kappa shape index (κ2) is 6.97. The molecule has 0 saturated carbocycles. The number of aryl methyl sites for hydroxylation is 1. The third-order valence-corrected chi connectivity index (χ3v) is 3.42. The van der Waals surface area contributed by atoms with E-state index in [1.54, 1.807) is 6.07 Å². The van der Waals surface area contributed by atoms with Gasteiger partial charge in [-0.1, -0.05) is 29.7 Å². The van der Waals surface area contributed by atoms with Gasteiger partial charge in [-0.15, -0.1) is 6.42 Å². The van der Waals surface area contributed by atoms with E-state index < -0.39 is 0 Å². The molecule has 2 aromatic rings. The van der Waals surface area contributed by atoms with E-state index in [1.165, 1.54) is 0 Å². The number of rotatable bonds is 5. The van der Waals surface area contributed by atoms with E-state index in [0.717, 1.165) is 22.4 Å². The van der Waals surface area contributed by atoms with E-state index in [2.05, 4.69) is 11.2 Å².